The van der Waals surface area contributed by atoms with Crippen molar-refractivity contribution < 1.29 is 9.90 Å². The summed E-state index contributed by atoms with van der Waals surface area (Å²) >= 11 is 0. The van der Waals surface area contributed by atoms with Gasteiger partial charge in [-0.25, -0.2) is 4.79 Å². The highest BCUT2D eigenvalue weighted by atomic mass is 16.5. The van der Waals surface area contributed by atoms with Crippen molar-refractivity contribution in [3.8, 4) is 0 Å². The van der Waals surface area contributed by atoms with Crippen molar-refractivity contribution in [1.29, 1.82) is 0 Å². The molecule has 0 amide bonds. The maximum absolute atomic E-state index is 11.1. The van der Waals surface area contributed by atoms with E-state index in [9.17, 15) is 14.8 Å². The Morgan fingerprint density at radius 1 is 1.69 bits per heavy atom. The quantitative estimate of drug-likeness (QED) is 0.629. The SMILES string of the molecule is Cn1cc(C(=O)O)cc(N[O-])c1=O. The monoisotopic (exact) mass is 183 g/mol. The van der Waals surface area contributed by atoms with E-state index in [4.69, 9.17) is 5.11 Å². The van der Waals surface area contributed by atoms with Crippen molar-refractivity contribution in [2.75, 3.05) is 5.48 Å². The molecule has 0 atom stereocenters. The second kappa shape index (κ2) is 3.28. The second-order valence-electron chi connectivity index (χ2n) is 2.47. The normalized spacial score (nSPS) is 9.69. The third-order valence-corrected chi connectivity index (χ3v) is 1.54. The molecule has 0 saturated heterocycles. The number of anilines is 1. The van der Waals surface area contributed by atoms with Gasteiger partial charge in [-0.05, 0) is 6.07 Å². The second-order valence-corrected chi connectivity index (χ2v) is 2.47. The highest BCUT2D eigenvalue weighted by Gasteiger charge is 2.06. The number of carboxylic acids is 1. The van der Waals surface area contributed by atoms with E-state index in [0.717, 1.165) is 16.8 Å². The van der Waals surface area contributed by atoms with E-state index in [1.807, 2.05) is 0 Å². The van der Waals surface area contributed by atoms with Crippen LogP contribution >= 0.6 is 0 Å². The summed E-state index contributed by atoms with van der Waals surface area (Å²) in [5.41, 5.74) is 0.443. The molecule has 0 radical (unpaired) electrons. The van der Waals surface area contributed by atoms with Gasteiger partial charge in [0.05, 0.1) is 11.3 Å². The smallest absolute Gasteiger partial charge is 0.337 e. The first-order valence-corrected chi connectivity index (χ1v) is 3.38. The molecular weight excluding hydrogens is 176 g/mol. The van der Waals surface area contributed by atoms with Crippen molar-refractivity contribution in [2.24, 2.45) is 7.05 Å². The van der Waals surface area contributed by atoms with Crippen molar-refractivity contribution in [1.82, 2.24) is 4.57 Å². The van der Waals surface area contributed by atoms with E-state index < -0.39 is 11.5 Å². The van der Waals surface area contributed by atoms with E-state index in [-0.39, 0.29) is 11.3 Å². The van der Waals surface area contributed by atoms with Gasteiger partial charge in [-0.15, -0.1) is 0 Å². The van der Waals surface area contributed by atoms with Crippen LogP contribution in [0, 0.1) is 5.21 Å². The first kappa shape index (κ1) is 9.27. The van der Waals surface area contributed by atoms with E-state index in [2.05, 4.69) is 0 Å². The van der Waals surface area contributed by atoms with Gasteiger partial charge >= 0.3 is 5.97 Å². The maximum atomic E-state index is 11.1. The zero-order valence-corrected chi connectivity index (χ0v) is 6.77. The fourth-order valence-electron chi connectivity index (χ4n) is 0.902. The van der Waals surface area contributed by atoms with Crippen LogP contribution in [0.15, 0.2) is 17.1 Å². The molecule has 0 fully saturated rings. The van der Waals surface area contributed by atoms with Crippen LogP contribution in [0.4, 0.5) is 5.69 Å². The van der Waals surface area contributed by atoms with Gasteiger partial charge in [0.1, 0.15) is 0 Å². The highest BCUT2D eigenvalue weighted by Crippen LogP contribution is 2.03. The summed E-state index contributed by atoms with van der Waals surface area (Å²) in [5.74, 6) is -1.19. The Labute approximate surface area is 73.0 Å². The molecule has 70 valence electrons. The number of nitrogens with one attached hydrogen (secondary N) is 1. The standard InChI is InChI=1S/C7H7N2O4/c1-9-3-4(7(11)12)2-5(8-13)6(9)10/h2-3,8H,1H3,(H,11,12)/q-1. The fraction of sp³-hybridized carbons (Fsp3) is 0.143. The average Bonchev–Trinajstić information content (AvgIpc) is 2.09. The van der Waals surface area contributed by atoms with Gasteiger partial charge in [0.15, 0.2) is 0 Å². The molecule has 0 aliphatic carbocycles. The number of carbonyl (C=O) groups is 1. The highest BCUT2D eigenvalue weighted by molar-refractivity contribution is 5.88. The molecule has 1 heterocycles. The average molecular weight is 183 g/mol. The van der Waals surface area contributed by atoms with Crippen LogP contribution in [0.2, 0.25) is 0 Å². The van der Waals surface area contributed by atoms with Gasteiger partial charge < -0.3 is 20.4 Å². The fourth-order valence-corrected chi connectivity index (χ4v) is 0.902. The van der Waals surface area contributed by atoms with Crippen LogP contribution in [0.1, 0.15) is 10.4 Å². The molecule has 0 aliphatic rings. The molecule has 13 heavy (non-hydrogen) atoms. The predicted molar refractivity (Wildman–Crippen MR) is 45.6 cm³/mol. The number of aryl methyl sites for hydroxylation is 1. The lowest BCUT2D eigenvalue weighted by Gasteiger charge is -2.10. The van der Waals surface area contributed by atoms with Crippen molar-refractivity contribution in [2.45, 2.75) is 0 Å². The topological polar surface area (TPSA) is 94.4 Å². The molecule has 0 aromatic carbocycles. The number of aromatic carboxylic acids is 1. The molecule has 0 spiro atoms. The Bertz CT molecular complexity index is 396. The molecule has 6 heteroatoms. The number of pyridine rings is 1. The molecule has 1 aromatic rings. The van der Waals surface area contributed by atoms with Crippen LogP contribution in [0.3, 0.4) is 0 Å². The van der Waals surface area contributed by atoms with Gasteiger partial charge in [0.2, 0.25) is 0 Å². The molecule has 1 aromatic heterocycles. The predicted octanol–water partition coefficient (Wildman–Crippen LogP) is -0.00680. The Balaban J connectivity index is 3.39. The van der Waals surface area contributed by atoms with Crippen LogP contribution < -0.4 is 11.0 Å². The molecule has 0 unspecified atom stereocenters. The van der Waals surface area contributed by atoms with Crippen molar-refractivity contribution >= 4 is 11.7 Å². The minimum absolute atomic E-state index is 0.111. The number of nitrogens with zero attached hydrogens (tertiary/aromatic N) is 1. The number of aromatic nitrogens is 1. The van der Waals surface area contributed by atoms with Crippen molar-refractivity contribution in [3.63, 3.8) is 0 Å². The third-order valence-electron chi connectivity index (χ3n) is 1.54. The summed E-state index contributed by atoms with van der Waals surface area (Å²) in [5, 5.41) is 18.8. The lowest BCUT2D eigenvalue weighted by atomic mass is 10.2. The van der Waals surface area contributed by atoms with Crippen molar-refractivity contribution in [3.05, 3.63) is 33.4 Å². The maximum Gasteiger partial charge on any atom is 0.337 e. The van der Waals surface area contributed by atoms with Crippen LogP contribution in [0.5, 0.6) is 0 Å². The third kappa shape index (κ3) is 1.67. The molecule has 0 bridgehead atoms. The Morgan fingerprint density at radius 3 is 2.77 bits per heavy atom. The summed E-state index contributed by atoms with van der Waals surface area (Å²) in [6.07, 6.45) is 1.14. The molecule has 0 aliphatic heterocycles. The Morgan fingerprint density at radius 2 is 2.31 bits per heavy atom. The van der Waals surface area contributed by atoms with E-state index in [1.54, 1.807) is 0 Å². The van der Waals surface area contributed by atoms with E-state index >= 15 is 0 Å². The zero-order chi connectivity index (χ0) is 10.0. The molecule has 6 nitrogen and oxygen atoms in total. The first-order valence-electron chi connectivity index (χ1n) is 3.38. The Hall–Kier alpha value is -1.82. The summed E-state index contributed by atoms with van der Waals surface area (Å²) in [4.78, 5) is 21.6. The number of rotatable bonds is 2. The van der Waals surface area contributed by atoms with Crippen LogP contribution in [-0.2, 0) is 7.05 Å². The molecule has 1 rings (SSSR count). The largest absolute Gasteiger partial charge is 0.761 e. The first-order chi connectivity index (χ1) is 6.06. The number of hydrogen-bond acceptors (Lipinski definition) is 4. The minimum Gasteiger partial charge on any atom is -0.761 e. The van der Waals surface area contributed by atoms with Gasteiger partial charge in [-0.1, -0.05) is 0 Å². The van der Waals surface area contributed by atoms with E-state index in [0.29, 0.717) is 0 Å². The van der Waals surface area contributed by atoms with Gasteiger partial charge in [-0.2, -0.15) is 0 Å². The van der Waals surface area contributed by atoms with E-state index in [1.165, 1.54) is 12.5 Å². The summed E-state index contributed by atoms with van der Waals surface area (Å²) in [6.45, 7) is 0. The van der Waals surface area contributed by atoms with Gasteiger partial charge in [0.25, 0.3) is 5.56 Å². The zero-order valence-electron chi connectivity index (χ0n) is 6.77. The van der Waals surface area contributed by atoms with Crippen LogP contribution in [-0.4, -0.2) is 15.6 Å². The summed E-state index contributed by atoms with van der Waals surface area (Å²) < 4.78 is 1.03. The Kier molecular flexibility index (Phi) is 2.34. The number of hydrogen-bond donors (Lipinski definition) is 2. The lowest BCUT2D eigenvalue weighted by molar-refractivity contribution is 0.0696. The molecular formula is C7H7N2O4-. The van der Waals surface area contributed by atoms with Gasteiger partial charge in [-0.3, -0.25) is 4.79 Å². The van der Waals surface area contributed by atoms with Crippen LogP contribution in [0.25, 0.3) is 0 Å². The number of carboxylic acid groups (broad SMARTS) is 1. The lowest BCUT2D eigenvalue weighted by Crippen LogP contribution is -2.20. The molecule has 2 N–H and O–H groups in total. The van der Waals surface area contributed by atoms with Gasteiger partial charge in [0, 0.05) is 13.2 Å². The summed E-state index contributed by atoms with van der Waals surface area (Å²) in [7, 11) is 1.37. The minimum atomic E-state index is -1.19. The molecule has 0 saturated carbocycles. The summed E-state index contributed by atoms with van der Waals surface area (Å²) in [6, 6.07) is 0.998.